The lowest BCUT2D eigenvalue weighted by molar-refractivity contribution is 0.166. The van der Waals surface area contributed by atoms with E-state index in [2.05, 4.69) is 12.2 Å². The van der Waals surface area contributed by atoms with Crippen molar-refractivity contribution < 1.29 is 5.11 Å². The molecule has 1 rings (SSSR count). The number of rotatable bonds is 2. The summed E-state index contributed by atoms with van der Waals surface area (Å²) in [6.45, 7) is 1.91. The molecule has 0 aliphatic heterocycles. The Hall–Kier alpha value is -0.300. The topological polar surface area (TPSA) is 20.2 Å². The molecule has 0 radical (unpaired) electrons. The number of allylic oxidation sites excluding steroid dienone is 2. The third-order valence-electron chi connectivity index (χ3n) is 3.50. The van der Waals surface area contributed by atoms with Crippen LogP contribution >= 0.6 is 0 Å². The lowest BCUT2D eigenvalue weighted by Crippen LogP contribution is -2.08. The first kappa shape index (κ1) is 13.8. The van der Waals surface area contributed by atoms with Crippen LogP contribution in [0.15, 0.2) is 12.2 Å². The Kier molecular flexibility index (Phi) is 7.58. The maximum Gasteiger partial charge on any atom is 0.0517 e. The van der Waals surface area contributed by atoms with Crippen molar-refractivity contribution in [3.63, 3.8) is 0 Å². The summed E-state index contributed by atoms with van der Waals surface area (Å²) >= 11 is 0. The summed E-state index contributed by atoms with van der Waals surface area (Å²) in [5.41, 5.74) is 0. The second-order valence-corrected chi connectivity index (χ2v) is 5.33. The van der Waals surface area contributed by atoms with Gasteiger partial charge in [-0.05, 0) is 38.5 Å². The molecule has 1 heteroatoms. The zero-order valence-corrected chi connectivity index (χ0v) is 10.8. The fourth-order valence-electron chi connectivity index (χ4n) is 2.57. The number of aliphatic hydroxyl groups is 1. The zero-order valence-electron chi connectivity index (χ0n) is 10.8. The average Bonchev–Trinajstić information content (AvgIpc) is 2.21. The summed E-state index contributed by atoms with van der Waals surface area (Å²) in [4.78, 5) is 0. The van der Waals surface area contributed by atoms with Crippen LogP contribution in [0.5, 0.6) is 0 Å². The molecule has 1 N–H and O–H groups in total. The first-order valence-corrected chi connectivity index (χ1v) is 7.14. The second-order valence-electron chi connectivity index (χ2n) is 5.33. The van der Waals surface area contributed by atoms with Crippen molar-refractivity contribution in [3.8, 4) is 0 Å². The molecule has 0 aromatic heterocycles. The summed E-state index contributed by atoms with van der Waals surface area (Å²) in [5.74, 6) is 0.611. The van der Waals surface area contributed by atoms with Gasteiger partial charge in [0, 0.05) is 0 Å². The molecular weight excluding hydrogens is 196 g/mol. The second kappa shape index (κ2) is 8.81. The Balaban J connectivity index is 2.35. The predicted molar refractivity (Wildman–Crippen MR) is 70.5 cm³/mol. The zero-order chi connectivity index (χ0) is 11.6. The van der Waals surface area contributed by atoms with Gasteiger partial charge < -0.3 is 5.11 Å². The Morgan fingerprint density at radius 1 is 1.06 bits per heavy atom. The van der Waals surface area contributed by atoms with E-state index in [1.54, 1.807) is 0 Å². The third-order valence-corrected chi connectivity index (χ3v) is 3.50. The van der Waals surface area contributed by atoms with Gasteiger partial charge in [-0.15, -0.1) is 0 Å². The molecular formula is C15H28O. The monoisotopic (exact) mass is 224 g/mol. The summed E-state index contributed by atoms with van der Waals surface area (Å²) < 4.78 is 0. The van der Waals surface area contributed by atoms with Crippen LogP contribution in [0.2, 0.25) is 0 Å². The summed E-state index contributed by atoms with van der Waals surface area (Å²) in [6.07, 6.45) is 17.7. The SMILES string of the molecule is CC(O)CC1/C=C/CCCCCCCCC1. The summed E-state index contributed by atoms with van der Waals surface area (Å²) in [6, 6.07) is 0. The van der Waals surface area contributed by atoms with Crippen molar-refractivity contribution in [2.24, 2.45) is 5.92 Å². The minimum Gasteiger partial charge on any atom is -0.393 e. The third kappa shape index (κ3) is 7.05. The molecule has 0 saturated carbocycles. The van der Waals surface area contributed by atoms with Gasteiger partial charge in [0.05, 0.1) is 6.10 Å². The average molecular weight is 224 g/mol. The van der Waals surface area contributed by atoms with E-state index >= 15 is 0 Å². The van der Waals surface area contributed by atoms with Gasteiger partial charge in [-0.1, -0.05) is 50.7 Å². The molecule has 2 atom stereocenters. The minimum absolute atomic E-state index is 0.150. The smallest absolute Gasteiger partial charge is 0.0517 e. The molecule has 0 saturated heterocycles. The largest absolute Gasteiger partial charge is 0.393 e. The minimum atomic E-state index is -0.150. The van der Waals surface area contributed by atoms with Crippen molar-refractivity contribution in [1.29, 1.82) is 0 Å². The fourth-order valence-corrected chi connectivity index (χ4v) is 2.57. The van der Waals surface area contributed by atoms with Gasteiger partial charge in [0.2, 0.25) is 0 Å². The number of hydrogen-bond donors (Lipinski definition) is 1. The Morgan fingerprint density at radius 3 is 2.38 bits per heavy atom. The fraction of sp³-hybridized carbons (Fsp3) is 0.867. The number of aliphatic hydroxyl groups excluding tert-OH is 1. The van der Waals surface area contributed by atoms with Crippen molar-refractivity contribution in [2.45, 2.75) is 77.2 Å². The Morgan fingerprint density at radius 2 is 1.69 bits per heavy atom. The predicted octanol–water partition coefficient (Wildman–Crippen LogP) is 4.45. The van der Waals surface area contributed by atoms with Crippen LogP contribution in [0.1, 0.15) is 71.1 Å². The normalized spacial score (nSPS) is 28.8. The van der Waals surface area contributed by atoms with Gasteiger partial charge >= 0.3 is 0 Å². The van der Waals surface area contributed by atoms with E-state index in [0.717, 1.165) is 6.42 Å². The highest BCUT2D eigenvalue weighted by Gasteiger charge is 2.08. The van der Waals surface area contributed by atoms with Crippen LogP contribution < -0.4 is 0 Å². The molecule has 0 amide bonds. The molecule has 0 spiro atoms. The van der Waals surface area contributed by atoms with E-state index < -0.39 is 0 Å². The quantitative estimate of drug-likeness (QED) is 0.687. The van der Waals surface area contributed by atoms with Crippen LogP contribution in [0.3, 0.4) is 0 Å². The molecule has 2 unspecified atom stereocenters. The highest BCUT2D eigenvalue weighted by molar-refractivity contribution is 4.89. The van der Waals surface area contributed by atoms with Crippen LogP contribution in [0, 0.1) is 5.92 Å². The summed E-state index contributed by atoms with van der Waals surface area (Å²) in [7, 11) is 0. The molecule has 0 heterocycles. The first-order valence-electron chi connectivity index (χ1n) is 7.14. The van der Waals surface area contributed by atoms with E-state index in [1.165, 1.54) is 57.8 Å². The number of hydrogen-bond acceptors (Lipinski definition) is 1. The Labute approximate surface area is 101 Å². The van der Waals surface area contributed by atoms with E-state index in [0.29, 0.717) is 5.92 Å². The molecule has 0 bridgehead atoms. The lowest BCUT2D eigenvalue weighted by Gasteiger charge is -2.15. The van der Waals surface area contributed by atoms with Gasteiger partial charge in [0.15, 0.2) is 0 Å². The highest BCUT2D eigenvalue weighted by atomic mass is 16.3. The van der Waals surface area contributed by atoms with E-state index in [-0.39, 0.29) is 6.10 Å². The molecule has 1 aliphatic carbocycles. The highest BCUT2D eigenvalue weighted by Crippen LogP contribution is 2.20. The standard InChI is InChI=1S/C15H28O/c1-14(16)13-15-11-9-7-5-3-2-4-6-8-10-12-15/h9,11,14-16H,2-8,10,12-13H2,1H3/b11-9+. The van der Waals surface area contributed by atoms with E-state index in [4.69, 9.17) is 0 Å². The van der Waals surface area contributed by atoms with E-state index in [1.807, 2.05) is 6.92 Å². The molecule has 1 aliphatic rings. The van der Waals surface area contributed by atoms with Gasteiger partial charge in [0.1, 0.15) is 0 Å². The maximum absolute atomic E-state index is 9.46. The van der Waals surface area contributed by atoms with Gasteiger partial charge in [-0.3, -0.25) is 0 Å². The van der Waals surface area contributed by atoms with Gasteiger partial charge in [-0.25, -0.2) is 0 Å². The van der Waals surface area contributed by atoms with Crippen LogP contribution in [0.4, 0.5) is 0 Å². The molecule has 16 heavy (non-hydrogen) atoms. The summed E-state index contributed by atoms with van der Waals surface area (Å²) in [5, 5.41) is 9.46. The maximum atomic E-state index is 9.46. The van der Waals surface area contributed by atoms with Crippen LogP contribution in [0.25, 0.3) is 0 Å². The van der Waals surface area contributed by atoms with Crippen LogP contribution in [-0.2, 0) is 0 Å². The first-order chi connectivity index (χ1) is 7.79. The van der Waals surface area contributed by atoms with Gasteiger partial charge in [0.25, 0.3) is 0 Å². The van der Waals surface area contributed by atoms with Gasteiger partial charge in [-0.2, -0.15) is 0 Å². The van der Waals surface area contributed by atoms with Crippen molar-refractivity contribution >= 4 is 0 Å². The molecule has 1 nitrogen and oxygen atoms in total. The molecule has 0 aromatic rings. The van der Waals surface area contributed by atoms with Crippen molar-refractivity contribution in [2.75, 3.05) is 0 Å². The van der Waals surface area contributed by atoms with Crippen molar-refractivity contribution in [1.82, 2.24) is 0 Å². The van der Waals surface area contributed by atoms with Crippen molar-refractivity contribution in [3.05, 3.63) is 12.2 Å². The Bertz CT molecular complexity index is 184. The van der Waals surface area contributed by atoms with Crippen LogP contribution in [-0.4, -0.2) is 11.2 Å². The van der Waals surface area contributed by atoms with E-state index in [9.17, 15) is 5.11 Å². The molecule has 94 valence electrons. The molecule has 0 aromatic carbocycles. The lowest BCUT2D eigenvalue weighted by atomic mass is 9.93. The molecule has 0 fully saturated rings.